The summed E-state index contributed by atoms with van der Waals surface area (Å²) in [5.74, 6) is -4.28. The van der Waals surface area contributed by atoms with Gasteiger partial charge in [-0.3, -0.25) is 4.79 Å². The number of hydrogen-bond donors (Lipinski definition) is 2. The number of carbonyl (C=O) groups excluding carboxylic acids is 2. The maximum atomic E-state index is 14.0. The summed E-state index contributed by atoms with van der Waals surface area (Å²) in [6.07, 6.45) is 3.89. The molecule has 34 heavy (non-hydrogen) atoms. The van der Waals surface area contributed by atoms with Crippen LogP contribution in [0.4, 0.5) is 0 Å². The van der Waals surface area contributed by atoms with Crippen molar-refractivity contribution in [2.45, 2.75) is 51.1 Å². The van der Waals surface area contributed by atoms with Gasteiger partial charge in [0, 0.05) is 22.3 Å². The van der Waals surface area contributed by atoms with E-state index in [1.54, 1.807) is 18.2 Å². The van der Waals surface area contributed by atoms with Gasteiger partial charge in [-0.2, -0.15) is 0 Å². The fourth-order valence-corrected chi connectivity index (χ4v) is 8.54. The molecule has 0 unspecified atom stereocenters. The minimum absolute atomic E-state index is 0.205. The quantitative estimate of drug-likeness (QED) is 0.378. The van der Waals surface area contributed by atoms with Crippen LogP contribution in [0.1, 0.15) is 43.5 Å². The molecule has 2 heterocycles. The molecule has 2 saturated heterocycles. The summed E-state index contributed by atoms with van der Waals surface area (Å²) in [6, 6.07) is 6.42. The zero-order chi connectivity index (χ0) is 24.3. The van der Waals surface area contributed by atoms with Crippen molar-refractivity contribution in [3.8, 4) is 0 Å². The topological polar surface area (TPSA) is 93.1 Å². The molecule has 2 spiro atoms. The SMILES string of the molecule is C=C1C(=O)[C@]23[C@H](OC(=O)c4cccc(Cl)c4)[C@H]1CC[C@H]2[C@]12C=CCC(C)(C)[C@H]1[C@H](O)[C@]3(O)OC2. The van der Waals surface area contributed by atoms with Crippen LogP contribution >= 0.6 is 11.6 Å². The molecule has 1 aromatic carbocycles. The molecule has 6 aliphatic rings. The van der Waals surface area contributed by atoms with Crippen LogP contribution < -0.4 is 0 Å². The van der Waals surface area contributed by atoms with Gasteiger partial charge in [-0.05, 0) is 54.4 Å². The number of carbonyl (C=O) groups is 2. The van der Waals surface area contributed by atoms with Crippen LogP contribution in [0.2, 0.25) is 5.02 Å². The molecule has 5 fully saturated rings. The fraction of sp³-hybridized carbons (Fsp3) is 0.556. The third-order valence-electron chi connectivity index (χ3n) is 9.53. The second kappa shape index (κ2) is 6.82. The highest BCUT2D eigenvalue weighted by molar-refractivity contribution is 6.30. The molecular formula is C27H29ClO6. The first kappa shape index (κ1) is 22.5. The molecule has 2 aliphatic heterocycles. The lowest BCUT2D eigenvalue weighted by atomic mass is 9.37. The summed E-state index contributed by atoms with van der Waals surface area (Å²) in [6.45, 7) is 8.42. The van der Waals surface area contributed by atoms with Gasteiger partial charge in [-0.15, -0.1) is 0 Å². The highest BCUT2D eigenvalue weighted by Gasteiger charge is 2.86. The Morgan fingerprint density at radius 3 is 2.79 bits per heavy atom. The average molecular weight is 485 g/mol. The van der Waals surface area contributed by atoms with Crippen LogP contribution in [0.3, 0.4) is 0 Å². The zero-order valence-electron chi connectivity index (χ0n) is 19.3. The summed E-state index contributed by atoms with van der Waals surface area (Å²) in [4.78, 5) is 27.2. The number of hydrogen-bond acceptors (Lipinski definition) is 6. The van der Waals surface area contributed by atoms with Gasteiger partial charge in [0.1, 0.15) is 17.6 Å². The summed E-state index contributed by atoms with van der Waals surface area (Å²) in [5, 5.41) is 24.2. The summed E-state index contributed by atoms with van der Waals surface area (Å²) in [5.41, 5.74) is -2.00. The zero-order valence-corrected chi connectivity index (χ0v) is 20.0. The fourth-order valence-electron chi connectivity index (χ4n) is 8.35. The van der Waals surface area contributed by atoms with E-state index in [9.17, 15) is 19.8 Å². The smallest absolute Gasteiger partial charge is 0.338 e. The number of allylic oxidation sites excluding steroid dienone is 1. The predicted octanol–water partition coefficient (Wildman–Crippen LogP) is 3.70. The molecule has 8 atom stereocenters. The van der Waals surface area contributed by atoms with Crippen molar-refractivity contribution in [1.29, 1.82) is 0 Å². The number of ether oxygens (including phenoxy) is 2. The molecule has 7 rings (SSSR count). The third kappa shape index (κ3) is 2.38. The van der Waals surface area contributed by atoms with Crippen LogP contribution in [0.25, 0.3) is 0 Å². The van der Waals surface area contributed by atoms with Crippen molar-refractivity contribution in [3.05, 3.63) is 59.2 Å². The van der Waals surface area contributed by atoms with Crippen LogP contribution in [0, 0.1) is 34.0 Å². The van der Waals surface area contributed by atoms with E-state index in [2.05, 4.69) is 32.6 Å². The normalized spacial score (nSPS) is 45.6. The maximum absolute atomic E-state index is 14.0. The molecule has 6 nitrogen and oxygen atoms in total. The second-order valence-corrected chi connectivity index (χ2v) is 11.8. The van der Waals surface area contributed by atoms with Crippen molar-refractivity contribution in [2.75, 3.05) is 6.61 Å². The molecule has 180 valence electrons. The van der Waals surface area contributed by atoms with Gasteiger partial charge in [-0.1, -0.05) is 50.2 Å². The number of halogens is 1. The number of rotatable bonds is 2. The number of Topliss-reactive ketones (excluding diaryl/α,β-unsaturated/α-hetero) is 1. The summed E-state index contributed by atoms with van der Waals surface area (Å²) < 4.78 is 12.1. The van der Waals surface area contributed by atoms with Crippen LogP contribution in [0.5, 0.6) is 0 Å². The van der Waals surface area contributed by atoms with E-state index < -0.39 is 40.7 Å². The van der Waals surface area contributed by atoms with E-state index in [1.807, 2.05) is 0 Å². The molecular weight excluding hydrogens is 456 g/mol. The van der Waals surface area contributed by atoms with E-state index in [4.69, 9.17) is 21.1 Å². The Labute approximate surface area is 203 Å². The summed E-state index contributed by atoms with van der Waals surface area (Å²) in [7, 11) is 0. The molecule has 0 aromatic heterocycles. The monoisotopic (exact) mass is 484 g/mol. The minimum Gasteiger partial charge on any atom is -0.457 e. The molecule has 2 N–H and O–H groups in total. The van der Waals surface area contributed by atoms with Gasteiger partial charge >= 0.3 is 5.97 Å². The number of aliphatic hydroxyl groups is 2. The van der Waals surface area contributed by atoms with Gasteiger partial charge in [0.25, 0.3) is 0 Å². The van der Waals surface area contributed by atoms with Gasteiger partial charge in [0.05, 0.1) is 12.2 Å². The van der Waals surface area contributed by atoms with Crippen molar-refractivity contribution in [2.24, 2.45) is 34.0 Å². The van der Waals surface area contributed by atoms with Crippen LogP contribution in [0.15, 0.2) is 48.6 Å². The summed E-state index contributed by atoms with van der Waals surface area (Å²) >= 11 is 6.08. The highest BCUT2D eigenvalue weighted by atomic mass is 35.5. The van der Waals surface area contributed by atoms with E-state index in [1.165, 1.54) is 6.07 Å². The number of esters is 1. The maximum Gasteiger partial charge on any atom is 0.338 e. The first-order valence-electron chi connectivity index (χ1n) is 11.9. The molecule has 1 aromatic rings. The van der Waals surface area contributed by atoms with Gasteiger partial charge in [-0.25, -0.2) is 4.79 Å². The van der Waals surface area contributed by atoms with E-state index in [0.717, 1.165) is 6.42 Å². The van der Waals surface area contributed by atoms with Gasteiger partial charge < -0.3 is 19.7 Å². The lowest BCUT2D eigenvalue weighted by Gasteiger charge is -2.72. The highest BCUT2D eigenvalue weighted by Crippen LogP contribution is 2.75. The first-order chi connectivity index (χ1) is 16.0. The lowest BCUT2D eigenvalue weighted by molar-refractivity contribution is -0.436. The van der Waals surface area contributed by atoms with E-state index in [-0.39, 0.29) is 35.2 Å². The molecule has 4 aliphatic carbocycles. The Hall–Kier alpha value is -1.99. The van der Waals surface area contributed by atoms with E-state index >= 15 is 0 Å². The largest absolute Gasteiger partial charge is 0.457 e. The molecule has 0 radical (unpaired) electrons. The number of aliphatic hydroxyl groups excluding tert-OH is 1. The molecule has 4 bridgehead atoms. The molecule has 3 saturated carbocycles. The van der Waals surface area contributed by atoms with Crippen molar-refractivity contribution in [3.63, 3.8) is 0 Å². The van der Waals surface area contributed by atoms with Gasteiger partial charge in [0.15, 0.2) is 5.78 Å². The Bertz CT molecular complexity index is 1160. The Kier molecular flexibility index (Phi) is 4.51. The number of benzene rings is 1. The minimum atomic E-state index is -2.18. The second-order valence-electron chi connectivity index (χ2n) is 11.4. The number of ketones is 1. The third-order valence-corrected chi connectivity index (χ3v) is 9.77. The molecule has 7 heteroatoms. The average Bonchev–Trinajstić information content (AvgIpc) is 2.90. The first-order valence-corrected chi connectivity index (χ1v) is 12.3. The van der Waals surface area contributed by atoms with Gasteiger partial charge in [0.2, 0.25) is 5.79 Å². The van der Waals surface area contributed by atoms with Crippen molar-refractivity contribution < 1.29 is 29.3 Å². The Morgan fingerprint density at radius 2 is 2.06 bits per heavy atom. The van der Waals surface area contributed by atoms with Crippen molar-refractivity contribution >= 4 is 23.4 Å². The van der Waals surface area contributed by atoms with Crippen molar-refractivity contribution in [1.82, 2.24) is 0 Å². The molecule has 0 amide bonds. The van der Waals surface area contributed by atoms with Crippen LogP contribution in [-0.2, 0) is 14.3 Å². The van der Waals surface area contributed by atoms with E-state index in [0.29, 0.717) is 23.4 Å². The predicted molar refractivity (Wildman–Crippen MR) is 124 cm³/mol. The van der Waals surface area contributed by atoms with Crippen LogP contribution in [-0.4, -0.2) is 46.6 Å². The Balaban J connectivity index is 1.53. The standard InChI is InChI=1S/C27H29ClO6/c1-14-17-8-9-18-25-11-5-10-24(2,3)19(25)21(30)27(32,33-13-25)26(18,20(14)29)22(17)34-23(31)15-6-4-7-16(28)12-15/h4-7,11-12,17-19,21-22,30,32H,1,8-10,13H2,2-3H3/t17-,18-,19+,21-,22+,25+,26-,27-/m0/s1. The number of fused-ring (bicyclic) bond motifs is 2. The lowest BCUT2D eigenvalue weighted by Crippen LogP contribution is -2.83. The Morgan fingerprint density at radius 1 is 1.29 bits per heavy atom.